The highest BCUT2D eigenvalue weighted by Crippen LogP contribution is 2.23. The number of aliphatic imine (C=N–C) groups is 1. The summed E-state index contributed by atoms with van der Waals surface area (Å²) in [4.78, 5) is 6.93. The van der Waals surface area contributed by atoms with Gasteiger partial charge in [0, 0.05) is 40.9 Å². The molecule has 170 valence electrons. The van der Waals surface area contributed by atoms with Crippen LogP contribution in [0.2, 0.25) is 0 Å². The van der Waals surface area contributed by atoms with Crippen LogP contribution in [0.25, 0.3) is 0 Å². The highest BCUT2D eigenvalue weighted by atomic mass is 32.2. The Morgan fingerprint density at radius 3 is 2.67 bits per heavy atom. The van der Waals surface area contributed by atoms with Crippen LogP contribution in [0, 0.1) is 0 Å². The zero-order chi connectivity index (χ0) is 21.8. The van der Waals surface area contributed by atoms with Crippen molar-refractivity contribution in [3.8, 4) is 5.75 Å². The zero-order valence-corrected chi connectivity index (χ0v) is 20.0. The molecule has 0 spiro atoms. The van der Waals surface area contributed by atoms with Gasteiger partial charge in [-0.1, -0.05) is 25.5 Å². The molecule has 2 N–H and O–H groups in total. The molecule has 0 aliphatic heterocycles. The summed E-state index contributed by atoms with van der Waals surface area (Å²) in [6.07, 6.45) is 5.30. The van der Waals surface area contributed by atoms with Crippen molar-refractivity contribution < 1.29 is 8.95 Å². The lowest BCUT2D eigenvalue weighted by molar-refractivity contribution is 0.281. The van der Waals surface area contributed by atoms with Crippen LogP contribution in [0.15, 0.2) is 29.3 Å². The Morgan fingerprint density at radius 2 is 2.00 bits per heavy atom. The fraction of sp³-hybridized carbons (Fsp3) is 0.696. The first-order chi connectivity index (χ1) is 14.5. The smallest absolute Gasteiger partial charge is 0.191 e. The predicted octanol–water partition coefficient (Wildman–Crippen LogP) is 3.15. The third kappa shape index (κ3) is 9.04. The highest BCUT2D eigenvalue weighted by molar-refractivity contribution is 7.85. The van der Waals surface area contributed by atoms with Crippen molar-refractivity contribution >= 4 is 16.8 Å². The first kappa shape index (κ1) is 24.7. The van der Waals surface area contributed by atoms with Crippen molar-refractivity contribution in [3.63, 3.8) is 0 Å². The number of benzene rings is 1. The number of rotatable bonds is 11. The topological polar surface area (TPSA) is 66.0 Å². The van der Waals surface area contributed by atoms with Crippen molar-refractivity contribution in [2.24, 2.45) is 4.99 Å². The normalized spacial score (nSPS) is 20.8. The maximum absolute atomic E-state index is 12.2. The Labute approximate surface area is 185 Å². The molecule has 1 saturated carbocycles. The van der Waals surface area contributed by atoms with Gasteiger partial charge in [0.25, 0.3) is 0 Å². The minimum Gasteiger partial charge on any atom is -0.494 e. The summed E-state index contributed by atoms with van der Waals surface area (Å²) < 4.78 is 18.0. The molecular weight excluding hydrogens is 396 g/mol. The van der Waals surface area contributed by atoms with Gasteiger partial charge < -0.3 is 20.3 Å². The average molecular weight is 437 g/mol. The van der Waals surface area contributed by atoms with Crippen LogP contribution >= 0.6 is 0 Å². The fourth-order valence-corrected chi connectivity index (χ4v) is 5.04. The lowest BCUT2D eigenvalue weighted by atomic mass is 9.95. The summed E-state index contributed by atoms with van der Waals surface area (Å²) >= 11 is 0. The van der Waals surface area contributed by atoms with Gasteiger partial charge in [-0.2, -0.15) is 0 Å². The molecule has 0 saturated heterocycles. The van der Waals surface area contributed by atoms with E-state index in [-0.39, 0.29) is 0 Å². The molecule has 3 atom stereocenters. The van der Waals surface area contributed by atoms with E-state index in [2.05, 4.69) is 48.7 Å². The van der Waals surface area contributed by atoms with Gasteiger partial charge >= 0.3 is 0 Å². The second kappa shape index (κ2) is 13.7. The molecule has 6 nitrogen and oxygen atoms in total. The SMILES string of the molecule is CCNC(=NCc1ccc(OCCCN(C)C)cc1)NC1CCCC(S(=O)CC)C1. The van der Waals surface area contributed by atoms with Crippen LogP contribution in [0.3, 0.4) is 0 Å². The fourth-order valence-electron chi connectivity index (χ4n) is 3.70. The molecule has 1 aromatic carbocycles. The monoisotopic (exact) mass is 436 g/mol. The van der Waals surface area contributed by atoms with Crippen LogP contribution in [0.1, 0.15) is 51.5 Å². The van der Waals surface area contributed by atoms with Gasteiger partial charge in [-0.3, -0.25) is 4.21 Å². The van der Waals surface area contributed by atoms with E-state index in [4.69, 9.17) is 9.73 Å². The van der Waals surface area contributed by atoms with Crippen LogP contribution in [-0.2, 0) is 17.3 Å². The van der Waals surface area contributed by atoms with Crippen molar-refractivity contribution in [2.45, 2.75) is 63.8 Å². The third-order valence-electron chi connectivity index (χ3n) is 5.33. The molecule has 2 rings (SSSR count). The summed E-state index contributed by atoms with van der Waals surface area (Å²) in [5, 5.41) is 7.23. The van der Waals surface area contributed by atoms with E-state index in [0.29, 0.717) is 17.8 Å². The number of hydrogen-bond donors (Lipinski definition) is 2. The second-order valence-corrected chi connectivity index (χ2v) is 10.1. The summed E-state index contributed by atoms with van der Waals surface area (Å²) in [5.41, 5.74) is 1.15. The predicted molar refractivity (Wildman–Crippen MR) is 128 cm³/mol. The molecule has 1 fully saturated rings. The number of nitrogens with zero attached hydrogens (tertiary/aromatic N) is 2. The lowest BCUT2D eigenvalue weighted by Gasteiger charge is -2.30. The summed E-state index contributed by atoms with van der Waals surface area (Å²) in [7, 11) is 3.44. The minimum absolute atomic E-state index is 0.314. The highest BCUT2D eigenvalue weighted by Gasteiger charge is 2.26. The summed E-state index contributed by atoms with van der Waals surface area (Å²) in [5.74, 6) is 2.50. The first-order valence-electron chi connectivity index (χ1n) is 11.3. The first-order valence-corrected chi connectivity index (χ1v) is 12.7. The maximum atomic E-state index is 12.2. The van der Waals surface area contributed by atoms with E-state index >= 15 is 0 Å². The molecular formula is C23H40N4O2S. The number of guanidine groups is 1. The van der Waals surface area contributed by atoms with E-state index in [0.717, 1.165) is 74.8 Å². The van der Waals surface area contributed by atoms with Crippen molar-refractivity contribution in [3.05, 3.63) is 29.8 Å². The van der Waals surface area contributed by atoms with Gasteiger partial charge in [0.2, 0.25) is 0 Å². The second-order valence-electron chi connectivity index (χ2n) is 8.14. The van der Waals surface area contributed by atoms with Gasteiger partial charge in [-0.05, 0) is 64.4 Å². The lowest BCUT2D eigenvalue weighted by Crippen LogP contribution is -2.46. The Morgan fingerprint density at radius 1 is 1.23 bits per heavy atom. The van der Waals surface area contributed by atoms with Gasteiger partial charge in [-0.25, -0.2) is 4.99 Å². The molecule has 1 aliphatic carbocycles. The van der Waals surface area contributed by atoms with Gasteiger partial charge in [0.15, 0.2) is 5.96 Å². The molecule has 0 radical (unpaired) electrons. The van der Waals surface area contributed by atoms with Crippen molar-refractivity contribution in [2.75, 3.05) is 39.5 Å². The Hall–Kier alpha value is -1.60. The van der Waals surface area contributed by atoms with E-state index in [1.54, 1.807) is 0 Å². The molecule has 0 aromatic heterocycles. The molecule has 7 heteroatoms. The molecule has 1 aromatic rings. The minimum atomic E-state index is -0.709. The quantitative estimate of drug-likeness (QED) is 0.317. The van der Waals surface area contributed by atoms with Gasteiger partial charge in [0.05, 0.1) is 13.2 Å². The Balaban J connectivity index is 1.85. The van der Waals surface area contributed by atoms with E-state index in [1.807, 2.05) is 19.1 Å². The molecule has 0 amide bonds. The van der Waals surface area contributed by atoms with Gasteiger partial charge in [0.1, 0.15) is 5.75 Å². The van der Waals surface area contributed by atoms with E-state index in [1.165, 1.54) is 0 Å². The maximum Gasteiger partial charge on any atom is 0.191 e. The number of hydrogen-bond acceptors (Lipinski definition) is 4. The largest absolute Gasteiger partial charge is 0.494 e. The number of nitrogens with one attached hydrogen (secondary N) is 2. The third-order valence-corrected chi connectivity index (χ3v) is 7.07. The Kier molecular flexibility index (Phi) is 11.2. The van der Waals surface area contributed by atoms with Crippen molar-refractivity contribution in [1.82, 2.24) is 15.5 Å². The molecule has 30 heavy (non-hydrogen) atoms. The van der Waals surface area contributed by atoms with E-state index in [9.17, 15) is 4.21 Å². The summed E-state index contributed by atoms with van der Waals surface area (Å²) in [6, 6.07) is 8.54. The number of ether oxygens (including phenoxy) is 1. The van der Waals surface area contributed by atoms with Crippen molar-refractivity contribution in [1.29, 1.82) is 0 Å². The van der Waals surface area contributed by atoms with Gasteiger partial charge in [-0.15, -0.1) is 0 Å². The van der Waals surface area contributed by atoms with Crippen LogP contribution < -0.4 is 15.4 Å². The summed E-state index contributed by atoms with van der Waals surface area (Å²) in [6.45, 7) is 7.29. The molecule has 1 aliphatic rings. The van der Waals surface area contributed by atoms with E-state index < -0.39 is 10.8 Å². The Bertz CT molecular complexity index is 664. The average Bonchev–Trinajstić information content (AvgIpc) is 2.75. The molecule has 3 unspecified atom stereocenters. The molecule has 0 bridgehead atoms. The standard InChI is InChI=1S/C23H40N4O2S/c1-5-24-23(26-20-9-7-10-22(17-20)30(28)6-2)25-18-19-11-13-21(14-12-19)29-16-8-15-27(3)4/h11-14,20,22H,5-10,15-18H2,1-4H3,(H2,24,25,26). The van der Waals surface area contributed by atoms with Crippen LogP contribution in [0.4, 0.5) is 0 Å². The van der Waals surface area contributed by atoms with Crippen LogP contribution in [0.5, 0.6) is 5.75 Å². The zero-order valence-electron chi connectivity index (χ0n) is 19.2. The van der Waals surface area contributed by atoms with Crippen LogP contribution in [-0.4, -0.2) is 65.9 Å². The molecule has 0 heterocycles.